The standard InChI is InChI=1S/C29H30F3N9O2/c30-29(31,32)26-38-22(27(16-42)6-7-27)11-23(39-26)43-20-3-1-19(2-4-20)40-14-28(15-40,8-9-33)41-13-18(12-37-41)24-21-5-10-34-25(21)36-17-35-24/h5,10-13,17,19-20,42H,1-4,6-8,14-16H2,(H,34,35,36)/t19-,20+. The van der Waals surface area contributed by atoms with Crippen LogP contribution >= 0.6 is 0 Å². The van der Waals surface area contributed by atoms with Crippen LogP contribution in [-0.4, -0.2) is 76.5 Å². The van der Waals surface area contributed by atoms with Crippen molar-refractivity contribution >= 4 is 11.0 Å². The molecule has 0 bridgehead atoms. The number of aliphatic hydroxyl groups is 1. The molecule has 0 amide bonds. The summed E-state index contributed by atoms with van der Waals surface area (Å²) >= 11 is 0. The average Bonchev–Trinajstić information content (AvgIpc) is 3.36. The molecule has 2 N–H and O–H groups in total. The number of ether oxygens (including phenoxy) is 1. The minimum absolute atomic E-state index is 0.0902. The van der Waals surface area contributed by atoms with Gasteiger partial charge in [-0.2, -0.15) is 28.5 Å². The minimum Gasteiger partial charge on any atom is -0.474 e. The van der Waals surface area contributed by atoms with E-state index in [1.54, 1.807) is 6.20 Å². The second kappa shape index (κ2) is 10.3. The molecule has 5 heterocycles. The Morgan fingerprint density at radius 3 is 2.63 bits per heavy atom. The van der Waals surface area contributed by atoms with E-state index in [2.05, 4.69) is 41.0 Å². The molecule has 43 heavy (non-hydrogen) atoms. The number of nitriles is 1. The third-order valence-corrected chi connectivity index (χ3v) is 9.20. The van der Waals surface area contributed by atoms with Crippen molar-refractivity contribution in [2.75, 3.05) is 19.7 Å². The van der Waals surface area contributed by atoms with E-state index >= 15 is 0 Å². The van der Waals surface area contributed by atoms with Crippen molar-refractivity contribution in [3.8, 4) is 23.2 Å². The summed E-state index contributed by atoms with van der Waals surface area (Å²) in [6, 6.07) is 5.99. The second-order valence-corrected chi connectivity index (χ2v) is 12.0. The fourth-order valence-corrected chi connectivity index (χ4v) is 6.49. The van der Waals surface area contributed by atoms with Gasteiger partial charge in [-0.15, -0.1) is 0 Å². The van der Waals surface area contributed by atoms with Crippen LogP contribution in [0.5, 0.6) is 5.88 Å². The van der Waals surface area contributed by atoms with Crippen LogP contribution in [0.25, 0.3) is 22.3 Å². The maximum atomic E-state index is 13.5. The fraction of sp³-hybridized carbons (Fsp3) is 0.517. The van der Waals surface area contributed by atoms with Gasteiger partial charge in [-0.05, 0) is 44.6 Å². The van der Waals surface area contributed by atoms with Gasteiger partial charge in [0.15, 0.2) is 0 Å². The van der Waals surface area contributed by atoms with Crippen LogP contribution in [-0.2, 0) is 17.1 Å². The molecule has 3 aliphatic rings. The Hall–Kier alpha value is -4.09. The number of aromatic amines is 1. The molecular weight excluding hydrogens is 563 g/mol. The quantitative estimate of drug-likeness (QED) is 0.310. The molecule has 0 unspecified atom stereocenters. The third-order valence-electron chi connectivity index (χ3n) is 9.20. The van der Waals surface area contributed by atoms with Crippen molar-refractivity contribution in [3.63, 3.8) is 0 Å². The first-order chi connectivity index (χ1) is 20.7. The van der Waals surface area contributed by atoms with E-state index in [0.717, 1.165) is 35.1 Å². The highest BCUT2D eigenvalue weighted by Crippen LogP contribution is 2.48. The van der Waals surface area contributed by atoms with E-state index in [4.69, 9.17) is 4.74 Å². The molecule has 4 aromatic rings. The Morgan fingerprint density at radius 1 is 1.14 bits per heavy atom. The van der Waals surface area contributed by atoms with Crippen LogP contribution < -0.4 is 4.74 Å². The molecule has 0 spiro atoms. The summed E-state index contributed by atoms with van der Waals surface area (Å²) in [7, 11) is 0. The Kier molecular flexibility index (Phi) is 6.62. The zero-order chi connectivity index (χ0) is 29.8. The summed E-state index contributed by atoms with van der Waals surface area (Å²) in [5.74, 6) is -1.32. The summed E-state index contributed by atoms with van der Waals surface area (Å²) in [5, 5.41) is 24.9. The molecule has 0 radical (unpaired) electrons. The van der Waals surface area contributed by atoms with Gasteiger partial charge < -0.3 is 14.8 Å². The van der Waals surface area contributed by atoms with Gasteiger partial charge in [0.1, 0.15) is 23.6 Å². The number of alkyl halides is 3. The lowest BCUT2D eigenvalue weighted by Crippen LogP contribution is -2.65. The Bertz CT molecular complexity index is 1680. The van der Waals surface area contributed by atoms with Gasteiger partial charge in [-0.3, -0.25) is 9.58 Å². The number of hydrogen-bond acceptors (Lipinski definition) is 9. The van der Waals surface area contributed by atoms with Crippen molar-refractivity contribution in [1.29, 1.82) is 5.26 Å². The minimum atomic E-state index is -4.71. The predicted molar refractivity (Wildman–Crippen MR) is 147 cm³/mol. The number of hydrogen-bond donors (Lipinski definition) is 2. The zero-order valence-electron chi connectivity index (χ0n) is 23.3. The Balaban J connectivity index is 1.00. The van der Waals surface area contributed by atoms with Gasteiger partial charge in [0, 0.05) is 54.0 Å². The smallest absolute Gasteiger partial charge is 0.451 e. The van der Waals surface area contributed by atoms with Crippen LogP contribution in [0.1, 0.15) is 56.5 Å². The summed E-state index contributed by atoms with van der Waals surface area (Å²) in [4.78, 5) is 21.5. The second-order valence-electron chi connectivity index (χ2n) is 12.0. The molecule has 0 atom stereocenters. The number of fused-ring (bicyclic) bond motifs is 1. The largest absolute Gasteiger partial charge is 0.474 e. The van der Waals surface area contributed by atoms with Gasteiger partial charge in [0.05, 0.1) is 36.7 Å². The highest BCUT2D eigenvalue weighted by atomic mass is 19.4. The normalized spacial score (nSPS) is 23.0. The van der Waals surface area contributed by atoms with Gasteiger partial charge in [-0.1, -0.05) is 0 Å². The predicted octanol–water partition coefficient (Wildman–Crippen LogP) is 3.97. The van der Waals surface area contributed by atoms with Gasteiger partial charge >= 0.3 is 6.18 Å². The van der Waals surface area contributed by atoms with E-state index in [1.807, 2.05) is 23.1 Å². The van der Waals surface area contributed by atoms with Crippen LogP contribution in [0.2, 0.25) is 0 Å². The average molecular weight is 594 g/mol. The van der Waals surface area contributed by atoms with E-state index in [0.29, 0.717) is 45.2 Å². The van der Waals surface area contributed by atoms with Crippen molar-refractivity contribution in [2.45, 2.75) is 74.2 Å². The number of aliphatic hydroxyl groups excluding tert-OH is 1. The molecule has 4 aromatic heterocycles. The number of halogens is 3. The molecule has 14 heteroatoms. The molecule has 1 saturated heterocycles. The Morgan fingerprint density at radius 2 is 1.93 bits per heavy atom. The summed E-state index contributed by atoms with van der Waals surface area (Å²) < 4.78 is 48.4. The van der Waals surface area contributed by atoms with E-state index in [1.165, 1.54) is 12.4 Å². The van der Waals surface area contributed by atoms with Crippen molar-refractivity contribution < 1.29 is 23.0 Å². The van der Waals surface area contributed by atoms with E-state index in [9.17, 15) is 23.5 Å². The fourth-order valence-electron chi connectivity index (χ4n) is 6.49. The highest BCUT2D eigenvalue weighted by Gasteiger charge is 2.49. The third kappa shape index (κ3) is 5.00. The molecule has 224 valence electrons. The molecule has 1 aliphatic heterocycles. The van der Waals surface area contributed by atoms with Crippen molar-refractivity contribution in [2.24, 2.45) is 0 Å². The maximum Gasteiger partial charge on any atom is 0.451 e. The lowest BCUT2D eigenvalue weighted by molar-refractivity contribution is -0.145. The number of likely N-dealkylation sites (tertiary alicyclic amines) is 1. The highest BCUT2D eigenvalue weighted by molar-refractivity contribution is 5.90. The number of nitrogens with one attached hydrogen (secondary N) is 1. The number of H-pyrrole nitrogens is 1. The topological polar surface area (TPSA) is 142 Å². The summed E-state index contributed by atoms with van der Waals surface area (Å²) in [6.07, 6.45) is 6.54. The van der Waals surface area contributed by atoms with Gasteiger partial charge in [0.25, 0.3) is 0 Å². The van der Waals surface area contributed by atoms with Crippen LogP contribution in [0, 0.1) is 11.3 Å². The number of nitrogens with zero attached hydrogens (tertiary/aromatic N) is 8. The van der Waals surface area contributed by atoms with Crippen LogP contribution in [0.3, 0.4) is 0 Å². The van der Waals surface area contributed by atoms with Gasteiger partial charge in [-0.25, -0.2) is 15.0 Å². The van der Waals surface area contributed by atoms with E-state index in [-0.39, 0.29) is 30.3 Å². The monoisotopic (exact) mass is 593 g/mol. The first kappa shape index (κ1) is 27.7. The summed E-state index contributed by atoms with van der Waals surface area (Å²) in [5.41, 5.74) is 1.40. The number of aromatic nitrogens is 7. The van der Waals surface area contributed by atoms with Crippen molar-refractivity contribution in [3.05, 3.63) is 48.6 Å². The molecule has 2 saturated carbocycles. The number of rotatable bonds is 8. The lowest BCUT2D eigenvalue weighted by Gasteiger charge is -2.53. The Labute approximate surface area is 244 Å². The van der Waals surface area contributed by atoms with Crippen molar-refractivity contribution in [1.82, 2.24) is 39.6 Å². The maximum absolute atomic E-state index is 13.5. The zero-order valence-corrected chi connectivity index (χ0v) is 23.3. The first-order valence-electron chi connectivity index (χ1n) is 14.4. The first-order valence-corrected chi connectivity index (χ1v) is 14.4. The molecule has 3 fully saturated rings. The van der Waals surface area contributed by atoms with Crippen LogP contribution in [0.15, 0.2) is 37.1 Å². The van der Waals surface area contributed by atoms with Crippen LogP contribution in [0.4, 0.5) is 13.2 Å². The lowest BCUT2D eigenvalue weighted by atomic mass is 9.82. The molecular formula is C29H30F3N9O2. The van der Waals surface area contributed by atoms with E-state index < -0.39 is 23.0 Å². The molecule has 7 rings (SSSR count). The molecule has 11 nitrogen and oxygen atoms in total. The SMILES string of the molecule is N#CCC1(n2cc(-c3ncnc4[nH]ccc34)cn2)CN([C@H]2CC[C@@H](Oc3cc(C4(CO)CC4)nc(C(F)(F)F)n3)CC2)C1. The molecule has 2 aliphatic carbocycles. The van der Waals surface area contributed by atoms with Gasteiger partial charge in [0.2, 0.25) is 11.7 Å². The molecule has 0 aromatic carbocycles. The summed E-state index contributed by atoms with van der Waals surface area (Å²) in [6.45, 7) is 1.09.